The molecule has 0 aliphatic rings. The van der Waals surface area contributed by atoms with Gasteiger partial charge < -0.3 is 15.6 Å². The van der Waals surface area contributed by atoms with Gasteiger partial charge in [0.15, 0.2) is 5.76 Å². The van der Waals surface area contributed by atoms with Crippen LogP contribution in [0.15, 0.2) is 34.9 Å². The fourth-order valence-electron chi connectivity index (χ4n) is 1.45. The number of hydrogen-bond donors (Lipinski definition) is 2. The number of aryl methyl sites for hydroxylation is 1. The van der Waals surface area contributed by atoms with Gasteiger partial charge in [-0.05, 0) is 25.1 Å². The molecule has 0 bridgehead atoms. The molecular weight excluding hydrogens is 218 g/mol. The highest BCUT2D eigenvalue weighted by atomic mass is 16.5. The van der Waals surface area contributed by atoms with Crippen LogP contribution >= 0.6 is 0 Å². The van der Waals surface area contributed by atoms with Crippen LogP contribution in [0, 0.1) is 6.92 Å². The Hall–Kier alpha value is -2.30. The molecule has 1 amide bonds. The number of carbonyl (C=O) groups is 1. The van der Waals surface area contributed by atoms with Crippen LogP contribution in [0.4, 0.5) is 5.69 Å². The van der Waals surface area contributed by atoms with Crippen LogP contribution in [0.1, 0.15) is 21.8 Å². The fourth-order valence-corrected chi connectivity index (χ4v) is 1.45. The number of rotatable bonds is 3. The van der Waals surface area contributed by atoms with Crippen molar-refractivity contribution in [3.8, 4) is 0 Å². The highest BCUT2D eigenvalue weighted by Crippen LogP contribution is 2.07. The standard InChI is InChI=1S/C12H13N3O2/c1-8-5-11(17-15-8)7-14-12(16)9-3-2-4-10(13)6-9/h2-6H,7,13H2,1H3,(H,14,16). The minimum Gasteiger partial charge on any atom is -0.399 e. The number of nitrogens with two attached hydrogens (primary N) is 1. The molecule has 0 saturated heterocycles. The van der Waals surface area contributed by atoms with Crippen LogP contribution in [0.25, 0.3) is 0 Å². The van der Waals surface area contributed by atoms with Gasteiger partial charge in [-0.15, -0.1) is 0 Å². The van der Waals surface area contributed by atoms with Crippen LogP contribution in [0.5, 0.6) is 0 Å². The quantitative estimate of drug-likeness (QED) is 0.784. The van der Waals surface area contributed by atoms with Crippen molar-refractivity contribution < 1.29 is 9.32 Å². The summed E-state index contributed by atoms with van der Waals surface area (Å²) >= 11 is 0. The highest BCUT2D eigenvalue weighted by molar-refractivity contribution is 5.94. The third-order valence-electron chi connectivity index (χ3n) is 2.25. The third-order valence-corrected chi connectivity index (χ3v) is 2.25. The number of hydrogen-bond acceptors (Lipinski definition) is 4. The number of nitrogens with zero attached hydrogens (tertiary/aromatic N) is 1. The van der Waals surface area contributed by atoms with Crippen LogP contribution in [0.3, 0.4) is 0 Å². The SMILES string of the molecule is Cc1cc(CNC(=O)c2cccc(N)c2)on1. The molecule has 1 aromatic heterocycles. The van der Waals surface area contributed by atoms with Crippen molar-refractivity contribution in [2.24, 2.45) is 0 Å². The molecule has 5 nitrogen and oxygen atoms in total. The highest BCUT2D eigenvalue weighted by Gasteiger charge is 2.07. The normalized spacial score (nSPS) is 10.2. The molecule has 1 heterocycles. The number of aromatic nitrogens is 1. The molecule has 2 rings (SSSR count). The number of anilines is 1. The van der Waals surface area contributed by atoms with Crippen LogP contribution < -0.4 is 11.1 Å². The van der Waals surface area contributed by atoms with Gasteiger partial charge in [-0.25, -0.2) is 0 Å². The first kappa shape index (κ1) is 11.2. The molecule has 3 N–H and O–H groups in total. The monoisotopic (exact) mass is 231 g/mol. The Morgan fingerprint density at radius 3 is 2.94 bits per heavy atom. The van der Waals surface area contributed by atoms with Gasteiger partial charge in [0.1, 0.15) is 0 Å². The Labute approximate surface area is 98.6 Å². The van der Waals surface area contributed by atoms with Crippen molar-refractivity contribution in [3.63, 3.8) is 0 Å². The zero-order valence-electron chi connectivity index (χ0n) is 9.43. The predicted molar refractivity (Wildman–Crippen MR) is 63.3 cm³/mol. The molecule has 17 heavy (non-hydrogen) atoms. The molecule has 0 atom stereocenters. The van der Waals surface area contributed by atoms with Gasteiger partial charge >= 0.3 is 0 Å². The first-order valence-corrected chi connectivity index (χ1v) is 5.21. The molecule has 5 heteroatoms. The summed E-state index contributed by atoms with van der Waals surface area (Å²) in [4.78, 5) is 11.7. The van der Waals surface area contributed by atoms with Gasteiger partial charge in [-0.3, -0.25) is 4.79 Å². The van der Waals surface area contributed by atoms with Gasteiger partial charge in [-0.1, -0.05) is 11.2 Å². The van der Waals surface area contributed by atoms with E-state index in [1.165, 1.54) is 0 Å². The largest absolute Gasteiger partial charge is 0.399 e. The van der Waals surface area contributed by atoms with Crippen molar-refractivity contribution in [1.29, 1.82) is 0 Å². The average Bonchev–Trinajstić information content (AvgIpc) is 2.72. The smallest absolute Gasteiger partial charge is 0.251 e. The van der Waals surface area contributed by atoms with Gasteiger partial charge in [0.05, 0.1) is 12.2 Å². The van der Waals surface area contributed by atoms with E-state index in [0.717, 1.165) is 5.69 Å². The summed E-state index contributed by atoms with van der Waals surface area (Å²) in [6, 6.07) is 8.58. The van der Waals surface area contributed by atoms with Crippen molar-refractivity contribution >= 4 is 11.6 Å². The van der Waals surface area contributed by atoms with Crippen LogP contribution in [0.2, 0.25) is 0 Å². The second-order valence-electron chi connectivity index (χ2n) is 3.74. The minimum absolute atomic E-state index is 0.189. The maximum atomic E-state index is 11.7. The van der Waals surface area contributed by atoms with E-state index in [0.29, 0.717) is 23.6 Å². The molecule has 88 valence electrons. The van der Waals surface area contributed by atoms with E-state index in [9.17, 15) is 4.79 Å². The number of carbonyl (C=O) groups excluding carboxylic acids is 1. The van der Waals surface area contributed by atoms with E-state index in [2.05, 4.69) is 10.5 Å². The van der Waals surface area contributed by atoms with Crippen molar-refractivity contribution in [3.05, 3.63) is 47.3 Å². The van der Waals surface area contributed by atoms with Gasteiger partial charge in [0.25, 0.3) is 5.91 Å². The third kappa shape index (κ3) is 2.84. The maximum absolute atomic E-state index is 11.7. The Kier molecular flexibility index (Phi) is 3.09. The Morgan fingerprint density at radius 2 is 2.29 bits per heavy atom. The molecule has 0 aliphatic heterocycles. The van der Waals surface area contributed by atoms with E-state index in [1.807, 2.05) is 6.92 Å². The minimum atomic E-state index is -0.189. The Balaban J connectivity index is 1.98. The molecule has 2 aromatic rings. The Bertz CT molecular complexity index is 534. The molecule has 1 aromatic carbocycles. The molecule has 0 saturated carbocycles. The number of benzene rings is 1. The first-order chi connectivity index (χ1) is 8.15. The molecule has 0 unspecified atom stereocenters. The maximum Gasteiger partial charge on any atom is 0.251 e. The van der Waals surface area contributed by atoms with E-state index in [1.54, 1.807) is 30.3 Å². The molecule has 0 aliphatic carbocycles. The van der Waals surface area contributed by atoms with E-state index in [-0.39, 0.29) is 5.91 Å². The zero-order chi connectivity index (χ0) is 12.3. The summed E-state index contributed by atoms with van der Waals surface area (Å²) in [6.45, 7) is 2.14. The lowest BCUT2D eigenvalue weighted by Gasteiger charge is -2.03. The summed E-state index contributed by atoms with van der Waals surface area (Å²) in [7, 11) is 0. The number of amides is 1. The first-order valence-electron chi connectivity index (χ1n) is 5.21. The van der Waals surface area contributed by atoms with E-state index < -0.39 is 0 Å². The van der Waals surface area contributed by atoms with Crippen molar-refractivity contribution in [2.45, 2.75) is 13.5 Å². The molecular formula is C12H13N3O2. The molecule has 0 fully saturated rings. The van der Waals surface area contributed by atoms with Crippen molar-refractivity contribution in [2.75, 3.05) is 5.73 Å². The predicted octanol–water partition coefficient (Wildman–Crippen LogP) is 1.50. The Morgan fingerprint density at radius 1 is 1.47 bits per heavy atom. The van der Waals surface area contributed by atoms with Crippen LogP contribution in [-0.2, 0) is 6.54 Å². The van der Waals surface area contributed by atoms with E-state index >= 15 is 0 Å². The van der Waals surface area contributed by atoms with Gasteiger partial charge in [0, 0.05) is 17.3 Å². The van der Waals surface area contributed by atoms with Gasteiger partial charge in [0.2, 0.25) is 0 Å². The fraction of sp³-hybridized carbons (Fsp3) is 0.167. The number of nitrogen functional groups attached to an aromatic ring is 1. The molecule has 0 radical (unpaired) electrons. The number of nitrogens with one attached hydrogen (secondary N) is 1. The summed E-state index contributed by atoms with van der Waals surface area (Å²) < 4.78 is 4.98. The van der Waals surface area contributed by atoms with E-state index in [4.69, 9.17) is 10.3 Å². The van der Waals surface area contributed by atoms with Gasteiger partial charge in [-0.2, -0.15) is 0 Å². The average molecular weight is 231 g/mol. The lowest BCUT2D eigenvalue weighted by atomic mass is 10.2. The summed E-state index contributed by atoms with van der Waals surface area (Å²) in [5.74, 6) is 0.436. The zero-order valence-corrected chi connectivity index (χ0v) is 9.43. The summed E-state index contributed by atoms with van der Waals surface area (Å²) in [5.41, 5.74) is 7.48. The van der Waals surface area contributed by atoms with Crippen molar-refractivity contribution in [1.82, 2.24) is 10.5 Å². The second-order valence-corrected chi connectivity index (χ2v) is 3.74. The summed E-state index contributed by atoms with van der Waals surface area (Å²) in [5, 5.41) is 6.46. The second kappa shape index (κ2) is 4.69. The van der Waals surface area contributed by atoms with Crippen LogP contribution in [-0.4, -0.2) is 11.1 Å². The lowest BCUT2D eigenvalue weighted by Crippen LogP contribution is -2.22. The molecule has 0 spiro atoms. The lowest BCUT2D eigenvalue weighted by molar-refractivity contribution is 0.0947. The topological polar surface area (TPSA) is 81.2 Å². The summed E-state index contributed by atoms with van der Waals surface area (Å²) in [6.07, 6.45) is 0.